The van der Waals surface area contributed by atoms with E-state index in [0.29, 0.717) is 11.8 Å². The van der Waals surface area contributed by atoms with Crippen LogP contribution in [0.15, 0.2) is 12.4 Å². The van der Waals surface area contributed by atoms with Gasteiger partial charge in [0.15, 0.2) is 0 Å². The molecule has 1 atom stereocenters. The lowest BCUT2D eigenvalue weighted by atomic mass is 10.2. The normalized spacial score (nSPS) is 19.6. The van der Waals surface area contributed by atoms with Crippen molar-refractivity contribution in [3.63, 3.8) is 0 Å². The number of anilines is 1. The molecule has 1 saturated heterocycles. The first kappa shape index (κ1) is 14.2. The Hall–Kier alpha value is -1.73. The first-order valence-electron chi connectivity index (χ1n) is 7.40. The number of fused-ring (bicyclic) bond motifs is 1. The number of hydrogen-bond acceptors (Lipinski definition) is 6. The van der Waals surface area contributed by atoms with Crippen LogP contribution in [0.5, 0.6) is 0 Å². The molecule has 0 aromatic carbocycles. The molecule has 2 aromatic heterocycles. The highest BCUT2D eigenvalue weighted by atomic mass is 16.5. The molecule has 1 aliphatic heterocycles. The Morgan fingerprint density at radius 3 is 3.14 bits per heavy atom. The zero-order chi connectivity index (χ0) is 14.8. The van der Waals surface area contributed by atoms with Gasteiger partial charge in [-0.1, -0.05) is 13.8 Å². The van der Waals surface area contributed by atoms with E-state index >= 15 is 0 Å². The van der Waals surface area contributed by atoms with Crippen molar-refractivity contribution in [2.45, 2.75) is 32.9 Å². The summed E-state index contributed by atoms with van der Waals surface area (Å²) in [6.07, 6.45) is 1.55. The van der Waals surface area contributed by atoms with E-state index in [2.05, 4.69) is 45.2 Å². The topological polar surface area (TPSA) is 67.6 Å². The highest BCUT2D eigenvalue weighted by Crippen LogP contribution is 2.20. The molecule has 0 saturated carbocycles. The minimum absolute atomic E-state index is 0.287. The van der Waals surface area contributed by atoms with E-state index < -0.39 is 0 Å². The summed E-state index contributed by atoms with van der Waals surface area (Å²) in [5.41, 5.74) is 0.951. The van der Waals surface area contributed by atoms with E-state index in [1.54, 1.807) is 10.8 Å². The van der Waals surface area contributed by atoms with Gasteiger partial charge in [-0.05, 0) is 6.92 Å². The first-order chi connectivity index (χ1) is 10.1. The molecule has 0 radical (unpaired) electrons. The molecule has 114 valence electrons. The van der Waals surface area contributed by atoms with Crippen LogP contribution in [0.3, 0.4) is 0 Å². The smallest absolute Gasteiger partial charge is 0.254 e. The Bertz CT molecular complexity index is 611. The van der Waals surface area contributed by atoms with Gasteiger partial charge in [0.05, 0.1) is 19.3 Å². The lowest BCUT2D eigenvalue weighted by Crippen LogP contribution is -2.52. The predicted molar refractivity (Wildman–Crippen MR) is 80.6 cm³/mol. The highest BCUT2D eigenvalue weighted by molar-refractivity contribution is 5.48. The molecule has 2 aromatic rings. The van der Waals surface area contributed by atoms with E-state index in [9.17, 15) is 0 Å². The van der Waals surface area contributed by atoms with Crippen molar-refractivity contribution < 1.29 is 4.74 Å². The lowest BCUT2D eigenvalue weighted by molar-refractivity contribution is 0.0925. The number of aryl methyl sites for hydroxylation is 1. The Morgan fingerprint density at radius 1 is 1.48 bits per heavy atom. The summed E-state index contributed by atoms with van der Waals surface area (Å²) in [5, 5.41) is 7.79. The number of nitrogens with one attached hydrogen (secondary N) is 1. The Kier molecular flexibility index (Phi) is 4.03. The molecule has 7 nitrogen and oxygen atoms in total. The van der Waals surface area contributed by atoms with E-state index in [1.807, 2.05) is 6.92 Å². The maximum absolute atomic E-state index is 5.65. The quantitative estimate of drug-likeness (QED) is 0.891. The maximum Gasteiger partial charge on any atom is 0.254 e. The Morgan fingerprint density at radius 2 is 2.33 bits per heavy atom. The van der Waals surface area contributed by atoms with Gasteiger partial charge in [-0.3, -0.25) is 0 Å². The number of ether oxygens (including phenoxy) is 1. The molecular formula is C14H22N6O. The summed E-state index contributed by atoms with van der Waals surface area (Å²) in [5.74, 6) is 1.68. The third-order valence-electron chi connectivity index (χ3n) is 3.64. The molecule has 0 amide bonds. The van der Waals surface area contributed by atoms with E-state index in [1.165, 1.54) is 0 Å². The van der Waals surface area contributed by atoms with Crippen molar-refractivity contribution in [3.05, 3.63) is 18.1 Å². The van der Waals surface area contributed by atoms with Crippen LogP contribution in [0.25, 0.3) is 5.78 Å². The number of morpholine rings is 1. The number of rotatable bonds is 4. The molecule has 3 heterocycles. The van der Waals surface area contributed by atoms with E-state index in [-0.39, 0.29) is 6.04 Å². The van der Waals surface area contributed by atoms with Crippen LogP contribution in [0.1, 0.15) is 19.5 Å². The van der Waals surface area contributed by atoms with Crippen LogP contribution in [-0.4, -0.2) is 58.0 Å². The van der Waals surface area contributed by atoms with Crippen LogP contribution < -0.4 is 10.2 Å². The van der Waals surface area contributed by atoms with Gasteiger partial charge in [0.1, 0.15) is 12.1 Å². The van der Waals surface area contributed by atoms with Gasteiger partial charge in [-0.15, -0.1) is 0 Å². The molecule has 0 spiro atoms. The predicted octanol–water partition coefficient (Wildman–Crippen LogP) is 0.636. The number of hydrogen-bond donors (Lipinski definition) is 1. The Balaban J connectivity index is 1.92. The van der Waals surface area contributed by atoms with Crippen molar-refractivity contribution in [3.8, 4) is 0 Å². The summed E-state index contributed by atoms with van der Waals surface area (Å²) >= 11 is 0. The summed E-state index contributed by atoms with van der Waals surface area (Å²) in [6, 6.07) is 2.81. The second-order valence-corrected chi connectivity index (χ2v) is 5.71. The molecule has 1 unspecified atom stereocenters. The SMILES string of the molecule is Cc1cc(N2CCOCC2CNC(C)C)n2ncnc2n1. The van der Waals surface area contributed by atoms with Gasteiger partial charge in [0.2, 0.25) is 0 Å². The molecule has 0 bridgehead atoms. The summed E-state index contributed by atoms with van der Waals surface area (Å²) in [4.78, 5) is 11.0. The van der Waals surface area contributed by atoms with Gasteiger partial charge in [0.25, 0.3) is 5.78 Å². The van der Waals surface area contributed by atoms with Crippen LogP contribution in [-0.2, 0) is 4.74 Å². The van der Waals surface area contributed by atoms with Gasteiger partial charge < -0.3 is 15.0 Å². The molecule has 0 aliphatic carbocycles. The fraction of sp³-hybridized carbons (Fsp3) is 0.643. The molecule has 3 rings (SSSR count). The third kappa shape index (κ3) is 2.98. The highest BCUT2D eigenvalue weighted by Gasteiger charge is 2.25. The minimum Gasteiger partial charge on any atom is -0.377 e. The number of nitrogens with zero attached hydrogens (tertiary/aromatic N) is 5. The molecule has 7 heteroatoms. The molecule has 21 heavy (non-hydrogen) atoms. The fourth-order valence-corrected chi connectivity index (χ4v) is 2.61. The average Bonchev–Trinajstić information content (AvgIpc) is 2.92. The van der Waals surface area contributed by atoms with Gasteiger partial charge >= 0.3 is 0 Å². The van der Waals surface area contributed by atoms with E-state index in [0.717, 1.165) is 37.8 Å². The van der Waals surface area contributed by atoms with Crippen LogP contribution in [0.4, 0.5) is 5.82 Å². The van der Waals surface area contributed by atoms with Crippen LogP contribution in [0, 0.1) is 6.92 Å². The maximum atomic E-state index is 5.65. The van der Waals surface area contributed by atoms with Gasteiger partial charge in [0, 0.05) is 30.9 Å². The molecular weight excluding hydrogens is 268 g/mol. The molecule has 1 N–H and O–H groups in total. The van der Waals surface area contributed by atoms with Crippen molar-refractivity contribution in [1.82, 2.24) is 24.9 Å². The second-order valence-electron chi connectivity index (χ2n) is 5.71. The van der Waals surface area contributed by atoms with Gasteiger partial charge in [-0.25, -0.2) is 4.98 Å². The lowest BCUT2D eigenvalue weighted by Gasteiger charge is -2.37. The van der Waals surface area contributed by atoms with E-state index in [4.69, 9.17) is 4.74 Å². The summed E-state index contributed by atoms with van der Waals surface area (Å²) in [6.45, 7) is 9.48. The second kappa shape index (κ2) is 5.95. The summed E-state index contributed by atoms with van der Waals surface area (Å²) in [7, 11) is 0. The zero-order valence-corrected chi connectivity index (χ0v) is 12.8. The van der Waals surface area contributed by atoms with Crippen LogP contribution >= 0.6 is 0 Å². The van der Waals surface area contributed by atoms with Crippen molar-refractivity contribution in [2.24, 2.45) is 0 Å². The monoisotopic (exact) mass is 290 g/mol. The fourth-order valence-electron chi connectivity index (χ4n) is 2.61. The minimum atomic E-state index is 0.287. The van der Waals surface area contributed by atoms with Crippen LogP contribution in [0.2, 0.25) is 0 Å². The van der Waals surface area contributed by atoms with Gasteiger partial charge in [-0.2, -0.15) is 14.6 Å². The largest absolute Gasteiger partial charge is 0.377 e. The standard InChI is InChI=1S/C14H22N6O/c1-10(2)15-7-12-8-21-5-4-19(12)13-6-11(3)18-14-16-9-17-20(13)14/h6,9-10,12,15H,4-5,7-8H2,1-3H3. The number of aromatic nitrogens is 4. The zero-order valence-electron chi connectivity index (χ0n) is 12.8. The molecule has 1 aliphatic rings. The van der Waals surface area contributed by atoms with Crippen molar-refractivity contribution >= 4 is 11.6 Å². The average molecular weight is 290 g/mol. The first-order valence-corrected chi connectivity index (χ1v) is 7.40. The third-order valence-corrected chi connectivity index (χ3v) is 3.64. The Labute approximate surface area is 124 Å². The molecule has 1 fully saturated rings. The summed E-state index contributed by atoms with van der Waals surface area (Å²) < 4.78 is 7.45. The van der Waals surface area contributed by atoms with Crippen molar-refractivity contribution in [2.75, 3.05) is 31.2 Å². The van der Waals surface area contributed by atoms with Crippen molar-refractivity contribution in [1.29, 1.82) is 0 Å².